The molecule has 2 fully saturated rings. The molecule has 3 amide bonds. The molecule has 0 aliphatic carbocycles. The number of nitrogens with one attached hydrogen (secondary N) is 3. The molecule has 13 nitrogen and oxygen atoms in total. The number of anilines is 1. The minimum Gasteiger partial charge on any atom is -0.357 e. The number of hydrogen-bond donors (Lipinski definition) is 3. The standard InChI is InChI=1S/C43H48ClN9O4/c1-26-30-15-13-28(41(55)47-39-24-32-29(25-45-39)21-33(46-32)34-12-10-19-50(34)2)23-37(30)52(49-26)20-9-7-5-4-6-8-11-31(44)27-14-16-35-38(22-27)51(3)43(57)53(35)36-17-18-40(54)48-42(36)56/h11,13-16,21-25,34,36,46H,4-10,12,17-20H2,1-3H3,(H,45,47,55)(H,48,54,56)/b31-11-/t34-,36?/m1/s1. The molecule has 6 heterocycles. The average Bonchev–Trinajstić information content (AvgIpc) is 3.96. The van der Waals surface area contributed by atoms with Crippen molar-refractivity contribution in [2.45, 2.75) is 89.8 Å². The Morgan fingerprint density at radius 2 is 1.72 bits per heavy atom. The number of H-pyrrole nitrogens is 1. The van der Waals surface area contributed by atoms with E-state index in [-0.39, 0.29) is 23.9 Å². The Labute approximate surface area is 335 Å². The van der Waals surface area contributed by atoms with E-state index < -0.39 is 11.9 Å². The number of piperidine rings is 1. The van der Waals surface area contributed by atoms with Crippen molar-refractivity contribution in [3.8, 4) is 0 Å². The van der Waals surface area contributed by atoms with Crippen molar-refractivity contribution in [3.05, 3.63) is 93.8 Å². The van der Waals surface area contributed by atoms with Crippen molar-refractivity contribution in [3.63, 3.8) is 0 Å². The summed E-state index contributed by atoms with van der Waals surface area (Å²) in [6.07, 6.45) is 12.6. The minimum atomic E-state index is -0.724. The zero-order chi connectivity index (χ0) is 39.8. The summed E-state index contributed by atoms with van der Waals surface area (Å²) in [7, 11) is 3.83. The van der Waals surface area contributed by atoms with Gasteiger partial charge in [-0.1, -0.05) is 49.1 Å². The minimum absolute atomic E-state index is 0.196. The van der Waals surface area contributed by atoms with Gasteiger partial charge in [-0.2, -0.15) is 5.10 Å². The fourth-order valence-electron chi connectivity index (χ4n) is 8.46. The zero-order valence-corrected chi connectivity index (χ0v) is 33.4. The monoisotopic (exact) mass is 789 g/mol. The van der Waals surface area contributed by atoms with Gasteiger partial charge in [0, 0.05) is 65.4 Å². The number of aromatic nitrogens is 6. The highest BCUT2D eigenvalue weighted by Crippen LogP contribution is 2.32. The maximum atomic E-state index is 13.4. The molecule has 0 bridgehead atoms. The van der Waals surface area contributed by atoms with Gasteiger partial charge in [0.2, 0.25) is 11.8 Å². The fourth-order valence-corrected chi connectivity index (χ4v) is 8.69. The van der Waals surface area contributed by atoms with E-state index in [1.165, 1.54) is 21.2 Å². The van der Waals surface area contributed by atoms with E-state index in [4.69, 9.17) is 16.7 Å². The van der Waals surface area contributed by atoms with Gasteiger partial charge in [0.1, 0.15) is 11.9 Å². The lowest BCUT2D eigenvalue weighted by molar-refractivity contribution is -0.135. The average molecular weight is 790 g/mol. The summed E-state index contributed by atoms with van der Waals surface area (Å²) in [5.74, 6) is -0.469. The lowest BCUT2D eigenvalue weighted by Crippen LogP contribution is -2.44. The van der Waals surface area contributed by atoms with E-state index in [9.17, 15) is 19.2 Å². The van der Waals surface area contributed by atoms with Crippen LogP contribution in [0.5, 0.6) is 0 Å². The molecule has 2 aliphatic heterocycles. The fraction of sp³-hybridized carbons (Fsp3) is 0.395. The third-order valence-corrected chi connectivity index (χ3v) is 12.0. The predicted octanol–water partition coefficient (Wildman–Crippen LogP) is 7.49. The van der Waals surface area contributed by atoms with Gasteiger partial charge in [-0.15, -0.1) is 0 Å². The second-order valence-electron chi connectivity index (χ2n) is 15.5. The normalized spacial score (nSPS) is 18.0. The summed E-state index contributed by atoms with van der Waals surface area (Å²) in [6.45, 7) is 3.86. The number of likely N-dealkylation sites (tertiary alicyclic amines) is 1. The smallest absolute Gasteiger partial charge is 0.329 e. The number of carbonyl (C=O) groups is 3. The van der Waals surface area contributed by atoms with Crippen molar-refractivity contribution in [2.24, 2.45) is 7.05 Å². The molecule has 0 saturated carbocycles. The largest absolute Gasteiger partial charge is 0.357 e. The number of allylic oxidation sites excluding steroid dienone is 1. The van der Waals surface area contributed by atoms with Crippen molar-refractivity contribution in [2.75, 3.05) is 18.9 Å². The van der Waals surface area contributed by atoms with Crippen LogP contribution in [0.2, 0.25) is 0 Å². The molecular formula is C43H48ClN9O4. The molecule has 2 aromatic carbocycles. The summed E-state index contributed by atoms with van der Waals surface area (Å²) in [5, 5.41) is 12.8. The maximum Gasteiger partial charge on any atom is 0.329 e. The van der Waals surface area contributed by atoms with E-state index in [2.05, 4.69) is 38.6 Å². The van der Waals surface area contributed by atoms with Gasteiger partial charge in [0.15, 0.2) is 0 Å². The molecule has 3 N–H and O–H groups in total. The van der Waals surface area contributed by atoms with Crippen LogP contribution in [0.15, 0.2) is 65.6 Å². The lowest BCUT2D eigenvalue weighted by Gasteiger charge is -2.21. The van der Waals surface area contributed by atoms with Crippen LogP contribution in [0.4, 0.5) is 5.82 Å². The molecule has 57 heavy (non-hydrogen) atoms. The molecule has 296 valence electrons. The SMILES string of the molecule is Cc1nn(CCCCCCC/C=C(\Cl)c2ccc3c(c2)n(C)c(=O)n3C2CCC(=O)NC2=O)c2cc(C(=O)Nc3cc4[nH]c([C@H]5CCCN5C)cc4cn3)ccc12. The van der Waals surface area contributed by atoms with Gasteiger partial charge in [-0.3, -0.25) is 38.4 Å². The van der Waals surface area contributed by atoms with Gasteiger partial charge in [0.05, 0.1) is 27.8 Å². The molecule has 1 unspecified atom stereocenters. The van der Waals surface area contributed by atoms with Gasteiger partial charge in [0.25, 0.3) is 5.91 Å². The first-order valence-electron chi connectivity index (χ1n) is 19.9. The molecule has 2 aliphatic rings. The van der Waals surface area contributed by atoms with Crippen LogP contribution >= 0.6 is 11.6 Å². The highest BCUT2D eigenvalue weighted by molar-refractivity contribution is 6.48. The molecule has 0 spiro atoms. The molecular weight excluding hydrogens is 742 g/mol. The summed E-state index contributed by atoms with van der Waals surface area (Å²) in [6, 6.07) is 15.0. The molecule has 8 rings (SSSR count). The Hall–Kier alpha value is -5.53. The number of fused-ring (bicyclic) bond motifs is 3. The van der Waals surface area contributed by atoms with Crippen molar-refractivity contribution < 1.29 is 14.4 Å². The van der Waals surface area contributed by atoms with Crippen LogP contribution in [-0.4, -0.2) is 65.1 Å². The number of benzene rings is 2. The number of aromatic amines is 1. The van der Waals surface area contributed by atoms with Crippen molar-refractivity contribution in [1.29, 1.82) is 0 Å². The second-order valence-corrected chi connectivity index (χ2v) is 15.9. The summed E-state index contributed by atoms with van der Waals surface area (Å²) in [5.41, 5.74) is 6.41. The zero-order valence-electron chi connectivity index (χ0n) is 32.6. The Kier molecular flexibility index (Phi) is 10.9. The number of hydrogen-bond acceptors (Lipinski definition) is 7. The van der Waals surface area contributed by atoms with Crippen LogP contribution in [0.1, 0.15) is 104 Å². The van der Waals surface area contributed by atoms with Crippen molar-refractivity contribution in [1.82, 2.24) is 39.1 Å². The van der Waals surface area contributed by atoms with Crippen LogP contribution in [0.25, 0.3) is 37.9 Å². The summed E-state index contributed by atoms with van der Waals surface area (Å²) < 4.78 is 5.00. The number of pyridine rings is 1. The first-order valence-corrected chi connectivity index (χ1v) is 20.3. The number of amides is 3. The van der Waals surface area contributed by atoms with Crippen LogP contribution < -0.4 is 16.3 Å². The number of carbonyl (C=O) groups excluding carboxylic acids is 3. The number of halogens is 1. The van der Waals surface area contributed by atoms with E-state index in [1.54, 1.807) is 7.05 Å². The quantitative estimate of drug-likeness (QED) is 0.0810. The Morgan fingerprint density at radius 3 is 2.53 bits per heavy atom. The third-order valence-electron chi connectivity index (χ3n) is 11.6. The molecule has 2 saturated heterocycles. The molecule has 2 atom stereocenters. The number of rotatable bonds is 13. The number of nitrogens with zero attached hydrogens (tertiary/aromatic N) is 6. The van der Waals surface area contributed by atoms with Crippen LogP contribution in [-0.2, 0) is 23.2 Å². The highest BCUT2D eigenvalue weighted by atomic mass is 35.5. The van der Waals surface area contributed by atoms with Gasteiger partial charge in [-0.05, 0) is 94.9 Å². The van der Waals surface area contributed by atoms with E-state index in [0.29, 0.717) is 39.9 Å². The summed E-state index contributed by atoms with van der Waals surface area (Å²) >= 11 is 6.72. The first kappa shape index (κ1) is 38.3. The van der Waals surface area contributed by atoms with Gasteiger partial charge < -0.3 is 10.3 Å². The third kappa shape index (κ3) is 7.78. The van der Waals surface area contributed by atoms with E-state index in [0.717, 1.165) is 91.1 Å². The first-order chi connectivity index (χ1) is 27.5. The number of imide groups is 1. The van der Waals surface area contributed by atoms with Crippen LogP contribution in [0.3, 0.4) is 0 Å². The van der Waals surface area contributed by atoms with Gasteiger partial charge in [-0.25, -0.2) is 9.78 Å². The number of imidazole rings is 1. The lowest BCUT2D eigenvalue weighted by atomic mass is 10.1. The van der Waals surface area contributed by atoms with Gasteiger partial charge >= 0.3 is 5.69 Å². The molecule has 4 aromatic heterocycles. The Morgan fingerprint density at radius 1 is 0.930 bits per heavy atom. The summed E-state index contributed by atoms with van der Waals surface area (Å²) in [4.78, 5) is 61.1. The Bertz CT molecular complexity index is 2610. The molecule has 6 aromatic rings. The predicted molar refractivity (Wildman–Crippen MR) is 223 cm³/mol. The molecule has 14 heteroatoms. The topological polar surface area (TPSA) is 152 Å². The number of unbranched alkanes of at least 4 members (excludes halogenated alkanes) is 5. The number of aryl methyl sites for hydroxylation is 3. The van der Waals surface area contributed by atoms with Crippen LogP contribution in [0, 0.1) is 6.92 Å². The maximum absolute atomic E-state index is 13.4. The van der Waals surface area contributed by atoms with Crippen molar-refractivity contribution >= 4 is 73.0 Å². The highest BCUT2D eigenvalue weighted by Gasteiger charge is 2.31. The second kappa shape index (κ2) is 16.1. The Balaban J connectivity index is 0.822. The van der Waals surface area contributed by atoms with E-state index in [1.807, 2.05) is 66.3 Å². The molecule has 0 radical (unpaired) electrons. The van der Waals surface area contributed by atoms with E-state index >= 15 is 0 Å².